The summed E-state index contributed by atoms with van der Waals surface area (Å²) >= 11 is 6.24. The highest BCUT2D eigenvalue weighted by atomic mass is 35.5. The predicted molar refractivity (Wildman–Crippen MR) is 127 cm³/mol. The van der Waals surface area contributed by atoms with Gasteiger partial charge in [-0.2, -0.15) is 0 Å². The highest BCUT2D eigenvalue weighted by molar-refractivity contribution is 6.32. The number of primary amides is 1. The number of likely N-dealkylation sites (tertiary alicyclic amines) is 1. The first-order valence-electron chi connectivity index (χ1n) is 11.1. The predicted octanol–water partition coefficient (Wildman–Crippen LogP) is 4.01. The van der Waals surface area contributed by atoms with Crippen molar-refractivity contribution in [2.24, 2.45) is 11.7 Å². The van der Waals surface area contributed by atoms with Crippen LogP contribution in [0.15, 0.2) is 48.5 Å². The van der Waals surface area contributed by atoms with Crippen LogP contribution in [0.4, 0.5) is 0 Å². The van der Waals surface area contributed by atoms with Gasteiger partial charge in [0.15, 0.2) is 0 Å². The number of nitrogens with two attached hydrogens (primary N) is 1. The Labute approximate surface area is 195 Å². The standard InChI is InChI=1S/C25H32ClN3O3/c1-17(2)32-23-9-8-20(15-21(23)26)25(31)28-22(24(27)30)14-18-10-12-29(13-11-18)16-19-6-4-3-5-7-19/h3-9,15,17-18,22H,10-14,16H2,1-2H3,(H2,27,30)(H,28,31)/t22-/m0/s1. The van der Waals surface area contributed by atoms with Crippen molar-refractivity contribution in [1.82, 2.24) is 10.2 Å². The molecule has 172 valence electrons. The molecule has 0 aliphatic carbocycles. The Hall–Kier alpha value is -2.57. The molecule has 3 rings (SSSR count). The topological polar surface area (TPSA) is 84.7 Å². The molecule has 1 fully saturated rings. The maximum Gasteiger partial charge on any atom is 0.251 e. The van der Waals surface area contributed by atoms with Crippen molar-refractivity contribution in [3.8, 4) is 5.75 Å². The lowest BCUT2D eigenvalue weighted by Gasteiger charge is -2.33. The lowest BCUT2D eigenvalue weighted by Crippen LogP contribution is -2.46. The van der Waals surface area contributed by atoms with Crippen LogP contribution in [0.2, 0.25) is 5.02 Å². The van der Waals surface area contributed by atoms with Gasteiger partial charge in [0.1, 0.15) is 11.8 Å². The number of hydrogen-bond donors (Lipinski definition) is 2. The van der Waals surface area contributed by atoms with Crippen molar-refractivity contribution in [3.05, 3.63) is 64.7 Å². The summed E-state index contributed by atoms with van der Waals surface area (Å²) < 4.78 is 5.60. The van der Waals surface area contributed by atoms with E-state index in [-0.39, 0.29) is 12.0 Å². The van der Waals surface area contributed by atoms with Crippen molar-refractivity contribution < 1.29 is 14.3 Å². The normalized spacial score (nSPS) is 16.0. The van der Waals surface area contributed by atoms with Crippen LogP contribution < -0.4 is 15.8 Å². The molecule has 0 bridgehead atoms. The van der Waals surface area contributed by atoms with Gasteiger partial charge in [-0.1, -0.05) is 41.9 Å². The molecule has 2 amide bonds. The summed E-state index contributed by atoms with van der Waals surface area (Å²) in [6, 6.07) is 14.6. The second kappa shape index (κ2) is 11.3. The van der Waals surface area contributed by atoms with Gasteiger partial charge in [-0.15, -0.1) is 0 Å². The van der Waals surface area contributed by atoms with Crippen molar-refractivity contribution in [3.63, 3.8) is 0 Å². The number of rotatable bonds is 9. The molecule has 1 atom stereocenters. The Morgan fingerprint density at radius 1 is 1.16 bits per heavy atom. The smallest absolute Gasteiger partial charge is 0.251 e. The summed E-state index contributed by atoms with van der Waals surface area (Å²) in [6.07, 6.45) is 2.47. The molecular formula is C25H32ClN3O3. The van der Waals surface area contributed by atoms with Crippen LogP contribution in [0.5, 0.6) is 5.75 Å². The number of hydrogen-bond acceptors (Lipinski definition) is 4. The van der Waals surface area contributed by atoms with Gasteiger partial charge < -0.3 is 15.8 Å². The van der Waals surface area contributed by atoms with E-state index in [0.717, 1.165) is 32.5 Å². The van der Waals surface area contributed by atoms with Crippen LogP contribution in [0, 0.1) is 5.92 Å². The molecule has 1 saturated heterocycles. The molecule has 1 heterocycles. The summed E-state index contributed by atoms with van der Waals surface area (Å²) in [6.45, 7) is 6.67. The maximum absolute atomic E-state index is 12.7. The molecule has 0 unspecified atom stereocenters. The third kappa shape index (κ3) is 6.97. The van der Waals surface area contributed by atoms with E-state index in [0.29, 0.717) is 28.7 Å². The molecular weight excluding hydrogens is 426 g/mol. The number of benzene rings is 2. The van der Waals surface area contributed by atoms with Crippen LogP contribution in [0.1, 0.15) is 49.0 Å². The highest BCUT2D eigenvalue weighted by Crippen LogP contribution is 2.27. The summed E-state index contributed by atoms with van der Waals surface area (Å²) in [7, 11) is 0. The molecule has 1 aliphatic rings. The van der Waals surface area contributed by atoms with E-state index in [2.05, 4.69) is 34.5 Å². The van der Waals surface area contributed by atoms with Crippen LogP contribution in [0.25, 0.3) is 0 Å². The van der Waals surface area contributed by atoms with Crippen LogP contribution in [-0.4, -0.2) is 41.9 Å². The van der Waals surface area contributed by atoms with E-state index in [4.69, 9.17) is 22.1 Å². The minimum atomic E-state index is -0.710. The van der Waals surface area contributed by atoms with Gasteiger partial charge in [-0.25, -0.2) is 0 Å². The molecule has 0 radical (unpaired) electrons. The minimum absolute atomic E-state index is 0.0227. The summed E-state index contributed by atoms with van der Waals surface area (Å²) in [4.78, 5) is 27.2. The van der Waals surface area contributed by atoms with E-state index in [1.807, 2.05) is 19.9 Å². The number of ether oxygens (including phenoxy) is 1. The van der Waals surface area contributed by atoms with Crippen molar-refractivity contribution in [2.45, 2.75) is 51.8 Å². The Morgan fingerprint density at radius 3 is 2.44 bits per heavy atom. The van der Waals surface area contributed by atoms with Gasteiger partial charge in [0, 0.05) is 12.1 Å². The zero-order valence-electron chi connectivity index (χ0n) is 18.7. The number of carbonyl (C=O) groups excluding carboxylic acids is 2. The second-order valence-corrected chi connectivity index (χ2v) is 9.09. The number of nitrogens with one attached hydrogen (secondary N) is 1. The van der Waals surface area contributed by atoms with Crippen LogP contribution >= 0.6 is 11.6 Å². The van der Waals surface area contributed by atoms with Crippen LogP contribution in [-0.2, 0) is 11.3 Å². The summed E-state index contributed by atoms with van der Waals surface area (Å²) in [5, 5.41) is 3.15. The SMILES string of the molecule is CC(C)Oc1ccc(C(=O)N[C@@H](CC2CCN(Cc3ccccc3)CC2)C(N)=O)cc1Cl. The minimum Gasteiger partial charge on any atom is -0.489 e. The zero-order valence-corrected chi connectivity index (χ0v) is 19.5. The van der Waals surface area contributed by atoms with Crippen molar-refractivity contribution in [2.75, 3.05) is 13.1 Å². The number of piperidine rings is 1. The molecule has 0 spiro atoms. The van der Waals surface area contributed by atoms with Crippen molar-refractivity contribution >= 4 is 23.4 Å². The van der Waals surface area contributed by atoms with Gasteiger partial charge in [0.05, 0.1) is 11.1 Å². The molecule has 7 heteroatoms. The van der Waals surface area contributed by atoms with Gasteiger partial charge in [0.2, 0.25) is 5.91 Å². The lowest BCUT2D eigenvalue weighted by atomic mass is 9.89. The maximum atomic E-state index is 12.7. The quantitative estimate of drug-likeness (QED) is 0.595. The molecule has 0 aromatic heterocycles. The number of amides is 2. The van der Waals surface area contributed by atoms with E-state index >= 15 is 0 Å². The Bertz CT molecular complexity index is 912. The molecule has 2 aromatic rings. The molecule has 1 aliphatic heterocycles. The van der Waals surface area contributed by atoms with E-state index in [1.54, 1.807) is 18.2 Å². The Kier molecular flexibility index (Phi) is 8.53. The first-order chi connectivity index (χ1) is 15.3. The summed E-state index contributed by atoms with van der Waals surface area (Å²) in [5.41, 5.74) is 7.28. The molecule has 2 aromatic carbocycles. The van der Waals surface area contributed by atoms with E-state index in [1.165, 1.54) is 5.56 Å². The van der Waals surface area contributed by atoms with Crippen molar-refractivity contribution in [1.29, 1.82) is 0 Å². The fraction of sp³-hybridized carbons (Fsp3) is 0.440. The van der Waals surface area contributed by atoms with Gasteiger partial charge >= 0.3 is 0 Å². The number of nitrogens with zero attached hydrogens (tertiary/aromatic N) is 1. The number of carbonyl (C=O) groups is 2. The Morgan fingerprint density at radius 2 is 1.84 bits per heavy atom. The van der Waals surface area contributed by atoms with Gasteiger partial charge in [0.25, 0.3) is 5.91 Å². The molecule has 32 heavy (non-hydrogen) atoms. The van der Waals surface area contributed by atoms with E-state index in [9.17, 15) is 9.59 Å². The average Bonchev–Trinajstić information content (AvgIpc) is 2.76. The third-order valence-corrected chi connectivity index (χ3v) is 6.03. The molecule has 0 saturated carbocycles. The lowest BCUT2D eigenvalue weighted by molar-refractivity contribution is -0.120. The monoisotopic (exact) mass is 457 g/mol. The zero-order chi connectivity index (χ0) is 23.1. The Balaban J connectivity index is 1.53. The van der Waals surface area contributed by atoms with Gasteiger partial charge in [-0.05, 0) is 75.9 Å². The van der Waals surface area contributed by atoms with Crippen LogP contribution in [0.3, 0.4) is 0 Å². The summed E-state index contributed by atoms with van der Waals surface area (Å²) in [5.74, 6) is -0.0265. The van der Waals surface area contributed by atoms with Gasteiger partial charge in [-0.3, -0.25) is 14.5 Å². The second-order valence-electron chi connectivity index (χ2n) is 8.68. The molecule has 6 nitrogen and oxygen atoms in total. The average molecular weight is 458 g/mol. The molecule has 3 N–H and O–H groups in total. The largest absolute Gasteiger partial charge is 0.489 e. The number of halogens is 1. The van der Waals surface area contributed by atoms with E-state index < -0.39 is 11.9 Å². The third-order valence-electron chi connectivity index (χ3n) is 5.73. The fourth-order valence-electron chi connectivity index (χ4n) is 4.03. The first kappa shape index (κ1) is 24.1. The fourth-order valence-corrected chi connectivity index (χ4v) is 4.26. The first-order valence-corrected chi connectivity index (χ1v) is 11.5. The highest BCUT2D eigenvalue weighted by Gasteiger charge is 2.27.